The highest BCUT2D eigenvalue weighted by Gasteiger charge is 2.52. The fraction of sp³-hybridized carbons (Fsp3) is 0.281. The molecule has 4 aromatic rings. The molecule has 218 valence electrons. The molecule has 1 amide bonds. The fourth-order valence-electron chi connectivity index (χ4n) is 4.77. The Hall–Kier alpha value is -4.60. The zero-order valence-corrected chi connectivity index (χ0v) is 23.1. The second-order valence-corrected chi connectivity index (χ2v) is 10.1. The third-order valence-electron chi connectivity index (χ3n) is 7.33. The molecule has 10 heteroatoms. The lowest BCUT2D eigenvalue weighted by molar-refractivity contribution is -0.146. The van der Waals surface area contributed by atoms with Gasteiger partial charge >= 0.3 is 18.2 Å². The van der Waals surface area contributed by atoms with Crippen LogP contribution in [0.15, 0.2) is 77.3 Å². The molecule has 7 nitrogen and oxygen atoms in total. The zero-order chi connectivity index (χ0) is 29.9. The summed E-state index contributed by atoms with van der Waals surface area (Å²) in [6.45, 7) is 3.83. The normalized spacial score (nSPS) is 13.8. The van der Waals surface area contributed by atoms with Gasteiger partial charge in [0, 0.05) is 12.0 Å². The summed E-state index contributed by atoms with van der Waals surface area (Å²) in [6, 6.07) is 20.2. The molecule has 0 spiro atoms. The number of rotatable bonds is 9. The van der Waals surface area contributed by atoms with Gasteiger partial charge in [-0.2, -0.15) is 13.2 Å². The van der Waals surface area contributed by atoms with Gasteiger partial charge in [-0.3, -0.25) is 10.1 Å². The van der Waals surface area contributed by atoms with Gasteiger partial charge in [-0.1, -0.05) is 65.8 Å². The van der Waals surface area contributed by atoms with Gasteiger partial charge in [0.05, 0.1) is 24.2 Å². The lowest BCUT2D eigenvalue weighted by Crippen LogP contribution is -2.23. The summed E-state index contributed by atoms with van der Waals surface area (Å²) in [5, 5.41) is 6.63. The average Bonchev–Trinajstić information content (AvgIpc) is 3.72. The van der Waals surface area contributed by atoms with Crippen molar-refractivity contribution in [3.8, 4) is 22.5 Å². The predicted molar refractivity (Wildman–Crippen MR) is 150 cm³/mol. The summed E-state index contributed by atoms with van der Waals surface area (Å²) < 4.78 is 54.2. The minimum Gasteiger partial charge on any atom is -0.465 e. The van der Waals surface area contributed by atoms with Crippen LogP contribution in [0.3, 0.4) is 0 Å². The van der Waals surface area contributed by atoms with Gasteiger partial charge < -0.3 is 14.0 Å². The first-order valence-corrected chi connectivity index (χ1v) is 13.6. The summed E-state index contributed by atoms with van der Waals surface area (Å²) in [5.41, 5.74) is 3.77. The molecule has 1 aromatic heterocycles. The number of alkyl halides is 3. The van der Waals surface area contributed by atoms with Gasteiger partial charge in [0.2, 0.25) is 0 Å². The molecule has 42 heavy (non-hydrogen) atoms. The lowest BCUT2D eigenvalue weighted by Gasteiger charge is -2.14. The maximum Gasteiger partial charge on any atom is 0.416 e. The highest BCUT2D eigenvalue weighted by atomic mass is 19.4. The van der Waals surface area contributed by atoms with E-state index in [9.17, 15) is 22.8 Å². The molecule has 0 saturated heterocycles. The van der Waals surface area contributed by atoms with E-state index in [0.717, 1.165) is 41.7 Å². The van der Waals surface area contributed by atoms with Crippen molar-refractivity contribution in [3.05, 3.63) is 95.2 Å². The Morgan fingerprint density at radius 1 is 0.905 bits per heavy atom. The van der Waals surface area contributed by atoms with Crippen LogP contribution in [0.1, 0.15) is 42.1 Å². The van der Waals surface area contributed by atoms with Gasteiger partial charge in [-0.25, -0.2) is 4.79 Å². The minimum absolute atomic E-state index is 0.0226. The van der Waals surface area contributed by atoms with Crippen molar-refractivity contribution in [2.45, 2.75) is 44.7 Å². The number of hydrogen-bond acceptors (Lipinski definition) is 6. The molecule has 1 aliphatic rings. The van der Waals surface area contributed by atoms with Crippen LogP contribution >= 0.6 is 0 Å². The van der Waals surface area contributed by atoms with Gasteiger partial charge in [0.15, 0.2) is 5.76 Å². The number of aromatic nitrogens is 1. The van der Waals surface area contributed by atoms with Gasteiger partial charge in [0.25, 0.3) is 0 Å². The van der Waals surface area contributed by atoms with Crippen LogP contribution in [0, 0.1) is 6.92 Å². The van der Waals surface area contributed by atoms with E-state index in [1.807, 2.05) is 55.5 Å². The number of hydrogen-bond donors (Lipinski definition) is 1. The molecule has 0 radical (unpaired) electrons. The molecule has 0 aliphatic heterocycles. The smallest absolute Gasteiger partial charge is 0.416 e. The average molecular weight is 579 g/mol. The van der Waals surface area contributed by atoms with E-state index in [-0.39, 0.29) is 19.0 Å². The lowest BCUT2D eigenvalue weighted by atomic mass is 9.93. The van der Waals surface area contributed by atoms with Crippen LogP contribution < -0.4 is 5.32 Å². The molecule has 3 aromatic carbocycles. The van der Waals surface area contributed by atoms with Gasteiger partial charge in [-0.15, -0.1) is 0 Å². The number of halogens is 3. The molecular formula is C32H29F3N2O5. The van der Waals surface area contributed by atoms with Crippen molar-refractivity contribution < 1.29 is 36.8 Å². The highest BCUT2D eigenvalue weighted by Crippen LogP contribution is 2.49. The summed E-state index contributed by atoms with van der Waals surface area (Å²) in [6.07, 6.45) is -3.30. The number of aryl methyl sites for hydroxylation is 1. The SMILES string of the molecule is CCOC(=O)C1(c2ccc(-c3ccc(-c4onc(C)c4NC(=O)OCCc4ccc(C(F)(F)F)cc4)cc3)cc2)CC1. The number of ether oxygens (including phenoxy) is 2. The van der Waals surface area contributed by atoms with Crippen LogP contribution in [0.25, 0.3) is 22.5 Å². The summed E-state index contributed by atoms with van der Waals surface area (Å²) in [7, 11) is 0. The van der Waals surface area contributed by atoms with E-state index in [4.69, 9.17) is 14.0 Å². The molecule has 0 unspecified atom stereocenters. The quantitative estimate of drug-likeness (QED) is 0.205. The maximum atomic E-state index is 12.7. The largest absolute Gasteiger partial charge is 0.465 e. The Kier molecular flexibility index (Phi) is 8.06. The van der Waals surface area contributed by atoms with Crippen LogP contribution in [-0.2, 0) is 32.3 Å². The second-order valence-electron chi connectivity index (χ2n) is 10.1. The van der Waals surface area contributed by atoms with Crippen LogP contribution in [0.4, 0.5) is 23.7 Å². The fourth-order valence-corrected chi connectivity index (χ4v) is 4.77. The predicted octanol–water partition coefficient (Wildman–Crippen LogP) is 7.72. The van der Waals surface area contributed by atoms with Crippen molar-refractivity contribution in [2.75, 3.05) is 18.5 Å². The Labute approximate surface area is 240 Å². The Morgan fingerprint density at radius 3 is 2.07 bits per heavy atom. The van der Waals surface area contributed by atoms with Crippen molar-refractivity contribution in [2.24, 2.45) is 0 Å². The number of carbonyl (C=O) groups is 2. The Balaban J connectivity index is 1.20. The first-order valence-electron chi connectivity index (χ1n) is 13.6. The number of nitrogens with one attached hydrogen (secondary N) is 1. The maximum absolute atomic E-state index is 12.7. The number of nitrogens with zero attached hydrogens (tertiary/aromatic N) is 1. The summed E-state index contributed by atoms with van der Waals surface area (Å²) >= 11 is 0. The number of benzene rings is 3. The van der Waals surface area contributed by atoms with E-state index in [1.165, 1.54) is 12.1 Å². The Morgan fingerprint density at radius 2 is 1.50 bits per heavy atom. The second kappa shape index (κ2) is 11.7. The monoisotopic (exact) mass is 578 g/mol. The topological polar surface area (TPSA) is 90.7 Å². The van der Waals surface area contributed by atoms with Crippen molar-refractivity contribution >= 4 is 17.7 Å². The summed E-state index contributed by atoms with van der Waals surface area (Å²) in [4.78, 5) is 24.9. The van der Waals surface area contributed by atoms with Crippen molar-refractivity contribution in [1.82, 2.24) is 5.16 Å². The molecule has 5 rings (SSSR count). The molecular weight excluding hydrogens is 549 g/mol. The van der Waals surface area contributed by atoms with E-state index < -0.39 is 23.2 Å². The van der Waals surface area contributed by atoms with E-state index in [1.54, 1.807) is 6.92 Å². The zero-order valence-electron chi connectivity index (χ0n) is 23.1. The molecule has 0 bridgehead atoms. The Bertz CT molecular complexity index is 1560. The van der Waals surface area contributed by atoms with Crippen LogP contribution in [-0.4, -0.2) is 30.4 Å². The van der Waals surface area contributed by atoms with Gasteiger partial charge in [0.1, 0.15) is 11.4 Å². The molecule has 0 atom stereocenters. The van der Waals surface area contributed by atoms with E-state index >= 15 is 0 Å². The van der Waals surface area contributed by atoms with Gasteiger partial charge in [-0.05, 0) is 61.1 Å². The third-order valence-corrected chi connectivity index (χ3v) is 7.33. The molecule has 1 saturated carbocycles. The standard InChI is InChI=1S/C32H29F3N2O5/c1-3-40-29(38)31(17-18-31)25-14-10-23(11-15-25)22-6-8-24(9-7-22)28-27(20(2)37-42-28)36-30(39)41-19-16-21-4-12-26(13-5-21)32(33,34)35/h4-15H,3,16-19H2,1-2H3,(H,36,39). The van der Waals surface area contributed by atoms with E-state index in [0.29, 0.717) is 34.9 Å². The highest BCUT2D eigenvalue weighted by molar-refractivity contribution is 5.91. The van der Waals surface area contributed by atoms with Crippen molar-refractivity contribution in [3.63, 3.8) is 0 Å². The molecule has 1 heterocycles. The summed E-state index contributed by atoms with van der Waals surface area (Å²) in [5.74, 6) is 0.191. The van der Waals surface area contributed by atoms with Crippen LogP contribution in [0.2, 0.25) is 0 Å². The van der Waals surface area contributed by atoms with Crippen molar-refractivity contribution in [1.29, 1.82) is 0 Å². The van der Waals surface area contributed by atoms with E-state index in [2.05, 4.69) is 10.5 Å². The number of carbonyl (C=O) groups excluding carboxylic acids is 2. The number of anilines is 1. The number of esters is 1. The minimum atomic E-state index is -4.40. The molecule has 1 aliphatic carbocycles. The van der Waals surface area contributed by atoms with Crippen LogP contribution in [0.5, 0.6) is 0 Å². The molecule has 1 N–H and O–H groups in total. The first-order chi connectivity index (χ1) is 20.1. The number of amides is 1. The first kappa shape index (κ1) is 28.9. The molecule has 1 fully saturated rings. The third kappa shape index (κ3) is 6.17.